The Morgan fingerprint density at radius 1 is 0.621 bits per heavy atom. The zero-order valence-corrected chi connectivity index (χ0v) is 34.4. The number of rotatable bonds is 26. The van der Waals surface area contributed by atoms with Crippen LogP contribution in [0.3, 0.4) is 0 Å². The van der Waals surface area contributed by atoms with Gasteiger partial charge in [-0.25, -0.2) is 18.4 Å². The summed E-state index contributed by atoms with van der Waals surface area (Å²) in [6.07, 6.45) is 13.1. The quantitative estimate of drug-likeness (QED) is 0.0399. The third kappa shape index (κ3) is 19.4. The Bertz CT molecular complexity index is 1740. The molecule has 0 fully saturated rings. The largest absolute Gasteiger partial charge is 0.486 e. The van der Waals surface area contributed by atoms with E-state index >= 15 is 0 Å². The van der Waals surface area contributed by atoms with E-state index in [1.807, 2.05) is 36.0 Å². The normalized spacial score (nSPS) is 12.4. The van der Waals surface area contributed by atoms with Crippen molar-refractivity contribution in [3.63, 3.8) is 0 Å². The van der Waals surface area contributed by atoms with Gasteiger partial charge in [0.05, 0.1) is 12.8 Å². The molecule has 0 unspecified atom stereocenters. The second kappa shape index (κ2) is 26.2. The minimum absolute atomic E-state index is 0.0158. The van der Waals surface area contributed by atoms with Gasteiger partial charge in [0.15, 0.2) is 34.7 Å². The van der Waals surface area contributed by atoms with E-state index in [1.54, 1.807) is 64.2 Å². The van der Waals surface area contributed by atoms with Gasteiger partial charge in [-0.15, -0.1) is 13.2 Å². The Morgan fingerprint density at radius 2 is 1.00 bits per heavy atom. The third-order valence-electron chi connectivity index (χ3n) is 7.93. The first-order valence-corrected chi connectivity index (χ1v) is 18.8. The summed E-state index contributed by atoms with van der Waals surface area (Å²) in [5, 5.41) is 0. The fraction of sp³-hybridized carbons (Fsp3) is 0.348. The zero-order valence-electron chi connectivity index (χ0n) is 34.4. The summed E-state index contributed by atoms with van der Waals surface area (Å²) in [4.78, 5) is 55.7. The Balaban J connectivity index is 1.98. The molecule has 0 radical (unpaired) electrons. The lowest BCUT2D eigenvalue weighted by atomic mass is 10.0. The van der Waals surface area contributed by atoms with E-state index in [9.17, 15) is 28.0 Å². The molecule has 2 atom stereocenters. The molecule has 0 aliphatic carbocycles. The van der Waals surface area contributed by atoms with Crippen LogP contribution in [0.15, 0.2) is 121 Å². The van der Waals surface area contributed by atoms with Crippen LogP contribution in [0.1, 0.15) is 61.3 Å². The molecular weight excluding hydrogens is 747 g/mol. The highest BCUT2D eigenvalue weighted by molar-refractivity contribution is 5.98. The number of Topliss-reactive ketones (excluding diaryl/α,β-unsaturated/α-hetero) is 2. The molecule has 312 valence electrons. The summed E-state index contributed by atoms with van der Waals surface area (Å²) in [5.74, 6) is -4.31. The van der Waals surface area contributed by atoms with Gasteiger partial charge in [-0.2, -0.15) is 0 Å². The van der Waals surface area contributed by atoms with E-state index in [-0.39, 0.29) is 48.7 Å². The van der Waals surface area contributed by atoms with Crippen LogP contribution >= 0.6 is 0 Å². The van der Waals surface area contributed by atoms with Crippen LogP contribution < -0.4 is 9.47 Å². The summed E-state index contributed by atoms with van der Waals surface area (Å²) in [6.45, 7) is 17.5. The highest BCUT2D eigenvalue weighted by Gasteiger charge is 2.21. The predicted molar refractivity (Wildman–Crippen MR) is 223 cm³/mol. The number of carbonyl (C=O) groups is 4. The summed E-state index contributed by atoms with van der Waals surface area (Å²) < 4.78 is 51.5. The Labute approximate surface area is 341 Å². The van der Waals surface area contributed by atoms with Gasteiger partial charge in [0.25, 0.3) is 0 Å². The van der Waals surface area contributed by atoms with Crippen molar-refractivity contribution in [1.82, 2.24) is 9.80 Å². The second-order valence-corrected chi connectivity index (χ2v) is 13.9. The van der Waals surface area contributed by atoms with Crippen LogP contribution in [0.25, 0.3) is 0 Å². The van der Waals surface area contributed by atoms with Crippen LogP contribution in [0.4, 0.5) is 8.78 Å². The Kier molecular flexibility index (Phi) is 21.9. The molecule has 0 aliphatic rings. The average Bonchev–Trinajstić information content (AvgIpc) is 3.14. The molecule has 0 saturated heterocycles. The molecule has 0 aromatic heterocycles. The monoisotopic (exact) mass is 802 g/mol. The number of esters is 2. The van der Waals surface area contributed by atoms with E-state index in [1.165, 1.54) is 24.3 Å². The van der Waals surface area contributed by atoms with Crippen LogP contribution in [0.5, 0.6) is 11.5 Å². The standard InChI is InChI=1S/C46H56F2N2O8/c1-9-21-49(7)23-11-13-25-55-43-17-15-35(29-39(43)47)41(51)31-37(27-33(3)4)57-45(53)19-20-46(54)58-38(28-34(5)6)32-42(52)36-16-18-44(40(48)30-36)56-26-14-12-24-50(8)22-10-2/h9-20,27-30,37-38H,1-2,21-26,31-32H2,3-8H3/b13-11+,14-12+,20-19+/t37-,38-/m1/s1. The molecule has 0 amide bonds. The topological polar surface area (TPSA) is 112 Å². The van der Waals surface area contributed by atoms with Crippen molar-refractivity contribution in [2.24, 2.45) is 0 Å². The van der Waals surface area contributed by atoms with Crippen LogP contribution in [-0.2, 0) is 19.1 Å². The maximum absolute atomic E-state index is 14.8. The van der Waals surface area contributed by atoms with E-state index in [4.69, 9.17) is 18.9 Å². The van der Waals surface area contributed by atoms with Gasteiger partial charge in [-0.3, -0.25) is 19.4 Å². The highest BCUT2D eigenvalue weighted by Crippen LogP contribution is 2.22. The van der Waals surface area contributed by atoms with Gasteiger partial charge in [0.2, 0.25) is 0 Å². The Morgan fingerprint density at radius 3 is 1.33 bits per heavy atom. The van der Waals surface area contributed by atoms with E-state index in [0.29, 0.717) is 13.1 Å². The number of benzene rings is 2. The molecule has 0 N–H and O–H groups in total. The molecule has 0 bridgehead atoms. The zero-order chi connectivity index (χ0) is 43.0. The minimum atomic E-state index is -1.02. The first kappa shape index (κ1) is 48.4. The van der Waals surface area contributed by atoms with Crippen molar-refractivity contribution in [1.29, 1.82) is 0 Å². The van der Waals surface area contributed by atoms with E-state index in [2.05, 4.69) is 13.2 Å². The lowest BCUT2D eigenvalue weighted by molar-refractivity contribution is -0.143. The van der Waals surface area contributed by atoms with Gasteiger partial charge in [0, 0.05) is 49.5 Å². The number of hydrogen-bond donors (Lipinski definition) is 0. The number of carbonyl (C=O) groups excluding carboxylic acids is 4. The van der Waals surface area contributed by atoms with Crippen molar-refractivity contribution in [2.75, 3.05) is 53.5 Å². The van der Waals surface area contributed by atoms with Gasteiger partial charge < -0.3 is 18.9 Å². The number of hydrogen-bond acceptors (Lipinski definition) is 10. The maximum Gasteiger partial charge on any atom is 0.331 e. The van der Waals surface area contributed by atoms with Crippen LogP contribution in [0, 0.1) is 11.6 Å². The van der Waals surface area contributed by atoms with Gasteiger partial charge in [-0.1, -0.05) is 47.6 Å². The smallest absolute Gasteiger partial charge is 0.331 e. The summed E-state index contributed by atoms with van der Waals surface area (Å²) >= 11 is 0. The summed E-state index contributed by atoms with van der Waals surface area (Å²) in [7, 11) is 3.87. The minimum Gasteiger partial charge on any atom is -0.486 e. The average molecular weight is 803 g/mol. The van der Waals surface area contributed by atoms with E-state index in [0.717, 1.165) is 48.5 Å². The van der Waals surface area contributed by atoms with Gasteiger partial charge in [0.1, 0.15) is 25.4 Å². The van der Waals surface area contributed by atoms with Crippen molar-refractivity contribution in [2.45, 2.75) is 52.7 Å². The maximum atomic E-state index is 14.8. The van der Waals surface area contributed by atoms with Crippen molar-refractivity contribution in [3.8, 4) is 11.5 Å². The molecule has 2 aromatic carbocycles. The second-order valence-electron chi connectivity index (χ2n) is 13.9. The number of allylic oxidation sites excluding steroid dienone is 2. The Hall–Kier alpha value is -5.72. The number of ether oxygens (including phenoxy) is 4. The first-order chi connectivity index (χ1) is 27.6. The molecule has 58 heavy (non-hydrogen) atoms. The summed E-state index contributed by atoms with van der Waals surface area (Å²) in [6, 6.07) is 7.72. The molecule has 12 heteroatoms. The molecule has 0 spiro atoms. The fourth-order valence-electron chi connectivity index (χ4n) is 5.22. The first-order valence-electron chi connectivity index (χ1n) is 18.8. The van der Waals surface area contributed by atoms with Crippen LogP contribution in [0.2, 0.25) is 0 Å². The van der Waals surface area contributed by atoms with Crippen molar-refractivity contribution in [3.05, 3.63) is 144 Å². The SMILES string of the molecule is C=CCN(C)C/C=C/COc1ccc(C(=O)C[C@@H](C=C(C)C)OC(=O)/C=C/C(=O)O[C@H](C=C(C)C)CC(=O)c2ccc(OC/C=C/CN(C)CC=C)c(F)c2)cc1F. The molecule has 10 nitrogen and oxygen atoms in total. The number of likely N-dealkylation sites (N-methyl/N-ethyl adjacent to an activating group) is 2. The number of halogens is 2. The number of ketones is 2. The fourth-order valence-corrected chi connectivity index (χ4v) is 5.22. The molecule has 2 aromatic rings. The highest BCUT2D eigenvalue weighted by atomic mass is 19.1. The molecular formula is C46H56F2N2O8. The number of nitrogens with zero attached hydrogens (tertiary/aromatic N) is 2. The predicted octanol–water partition coefficient (Wildman–Crippen LogP) is 8.23. The van der Waals surface area contributed by atoms with Crippen molar-refractivity contribution < 1.29 is 46.9 Å². The molecule has 2 rings (SSSR count). The van der Waals surface area contributed by atoms with Crippen LogP contribution in [-0.4, -0.2) is 99.0 Å². The lowest BCUT2D eigenvalue weighted by Gasteiger charge is -2.15. The lowest BCUT2D eigenvalue weighted by Crippen LogP contribution is -2.21. The van der Waals surface area contributed by atoms with E-state index < -0.39 is 47.3 Å². The molecule has 0 heterocycles. The molecule has 0 aliphatic heterocycles. The molecule has 0 saturated carbocycles. The van der Waals surface area contributed by atoms with Gasteiger partial charge >= 0.3 is 11.9 Å². The third-order valence-corrected chi connectivity index (χ3v) is 7.93. The van der Waals surface area contributed by atoms with Gasteiger partial charge in [-0.05, 0) is 90.3 Å². The van der Waals surface area contributed by atoms with Crippen molar-refractivity contribution >= 4 is 23.5 Å². The summed E-state index contributed by atoms with van der Waals surface area (Å²) in [5.41, 5.74) is 1.62.